The summed E-state index contributed by atoms with van der Waals surface area (Å²) in [5, 5.41) is 0. The normalized spacial score (nSPS) is 18.6. The Bertz CT molecular complexity index is 534. The largest absolute Gasteiger partial charge is 0.326 e. The third-order valence-electron chi connectivity index (χ3n) is 4.04. The molecule has 0 aromatic heterocycles. The molecule has 112 valence electrons. The van der Waals surface area contributed by atoms with E-state index >= 15 is 0 Å². The summed E-state index contributed by atoms with van der Waals surface area (Å²) in [6.45, 7) is 2.30. The van der Waals surface area contributed by atoms with E-state index in [9.17, 15) is 8.42 Å². The fraction of sp³-hybridized carbons (Fsp3) is 0.571. The van der Waals surface area contributed by atoms with Gasteiger partial charge in [0.15, 0.2) is 0 Å². The smallest absolute Gasteiger partial charge is 0.243 e. The molecular formula is C14H23N3O2S. The zero-order valence-corrected chi connectivity index (χ0v) is 12.9. The third-order valence-corrected chi connectivity index (χ3v) is 5.96. The lowest BCUT2D eigenvalue weighted by atomic mass is 10.1. The minimum atomic E-state index is -3.41. The molecule has 1 heterocycles. The van der Waals surface area contributed by atoms with E-state index in [2.05, 4.69) is 11.9 Å². The number of likely N-dealkylation sites (tertiary alicyclic amines) is 1. The van der Waals surface area contributed by atoms with Crippen molar-refractivity contribution in [1.29, 1.82) is 0 Å². The molecule has 1 aromatic carbocycles. The predicted octanol–water partition coefficient (Wildman–Crippen LogP) is 0.860. The molecule has 1 aliphatic rings. The lowest BCUT2D eigenvalue weighted by Gasteiger charge is -2.34. The highest BCUT2D eigenvalue weighted by atomic mass is 32.2. The molecule has 0 amide bonds. The molecule has 0 unspecified atom stereocenters. The Kier molecular flexibility index (Phi) is 4.80. The number of benzene rings is 1. The van der Waals surface area contributed by atoms with Gasteiger partial charge in [-0.25, -0.2) is 8.42 Å². The fourth-order valence-corrected chi connectivity index (χ4v) is 3.93. The predicted molar refractivity (Wildman–Crippen MR) is 79.8 cm³/mol. The van der Waals surface area contributed by atoms with Crippen LogP contribution >= 0.6 is 0 Å². The van der Waals surface area contributed by atoms with Gasteiger partial charge in [-0.05, 0) is 50.7 Å². The van der Waals surface area contributed by atoms with Gasteiger partial charge in [0.05, 0.1) is 4.90 Å². The SMILES string of the molecule is CN1CCC(N(C)S(=O)(=O)c2ccc(CN)cc2)CC1. The second kappa shape index (κ2) is 6.22. The molecule has 1 aliphatic heterocycles. The first-order valence-corrected chi connectivity index (χ1v) is 8.34. The van der Waals surface area contributed by atoms with E-state index in [-0.39, 0.29) is 6.04 Å². The highest BCUT2D eigenvalue weighted by Gasteiger charge is 2.29. The summed E-state index contributed by atoms with van der Waals surface area (Å²) >= 11 is 0. The van der Waals surface area contributed by atoms with E-state index in [1.54, 1.807) is 31.3 Å². The highest BCUT2D eigenvalue weighted by molar-refractivity contribution is 7.89. The lowest BCUT2D eigenvalue weighted by molar-refractivity contribution is 0.197. The van der Waals surface area contributed by atoms with Gasteiger partial charge in [0.2, 0.25) is 10.0 Å². The summed E-state index contributed by atoms with van der Waals surface area (Å²) < 4.78 is 26.7. The molecule has 0 bridgehead atoms. The molecular weight excluding hydrogens is 274 g/mol. The van der Waals surface area contributed by atoms with Crippen LogP contribution in [0.25, 0.3) is 0 Å². The lowest BCUT2D eigenvalue weighted by Crippen LogP contribution is -2.44. The van der Waals surface area contributed by atoms with Crippen LogP contribution in [0.1, 0.15) is 18.4 Å². The summed E-state index contributed by atoms with van der Waals surface area (Å²) in [7, 11) is 0.341. The van der Waals surface area contributed by atoms with Crippen LogP contribution in [-0.2, 0) is 16.6 Å². The number of hydrogen-bond acceptors (Lipinski definition) is 4. The number of piperidine rings is 1. The van der Waals surface area contributed by atoms with Gasteiger partial charge in [0, 0.05) is 19.6 Å². The van der Waals surface area contributed by atoms with Gasteiger partial charge in [-0.2, -0.15) is 4.31 Å². The maximum absolute atomic E-state index is 12.6. The van der Waals surface area contributed by atoms with Crippen molar-refractivity contribution in [2.24, 2.45) is 5.73 Å². The first-order chi connectivity index (χ1) is 9.45. The summed E-state index contributed by atoms with van der Waals surface area (Å²) in [6.07, 6.45) is 1.76. The molecule has 0 radical (unpaired) electrons. The van der Waals surface area contributed by atoms with Crippen molar-refractivity contribution in [2.45, 2.75) is 30.3 Å². The first-order valence-electron chi connectivity index (χ1n) is 6.90. The van der Waals surface area contributed by atoms with Crippen LogP contribution in [0.15, 0.2) is 29.2 Å². The summed E-state index contributed by atoms with van der Waals surface area (Å²) in [6, 6.07) is 6.92. The highest BCUT2D eigenvalue weighted by Crippen LogP contribution is 2.22. The quantitative estimate of drug-likeness (QED) is 0.895. The molecule has 5 nitrogen and oxygen atoms in total. The van der Waals surface area contributed by atoms with Gasteiger partial charge in [-0.3, -0.25) is 0 Å². The van der Waals surface area contributed by atoms with E-state index in [4.69, 9.17) is 5.73 Å². The molecule has 6 heteroatoms. The van der Waals surface area contributed by atoms with E-state index in [0.717, 1.165) is 31.5 Å². The minimum Gasteiger partial charge on any atom is -0.326 e. The van der Waals surface area contributed by atoms with Crippen molar-refractivity contribution in [2.75, 3.05) is 27.2 Å². The first kappa shape index (κ1) is 15.4. The summed E-state index contributed by atoms with van der Waals surface area (Å²) in [4.78, 5) is 2.57. The maximum Gasteiger partial charge on any atom is 0.243 e. The third kappa shape index (κ3) is 3.20. The number of rotatable bonds is 4. The van der Waals surface area contributed by atoms with Crippen LogP contribution in [0.2, 0.25) is 0 Å². The van der Waals surface area contributed by atoms with Crippen molar-refractivity contribution in [3.05, 3.63) is 29.8 Å². The molecule has 2 N–H and O–H groups in total. The van der Waals surface area contributed by atoms with Crippen molar-refractivity contribution in [3.8, 4) is 0 Å². The Labute approximate surface area is 121 Å². The maximum atomic E-state index is 12.6. The Morgan fingerprint density at radius 1 is 1.25 bits per heavy atom. The van der Waals surface area contributed by atoms with Crippen molar-refractivity contribution in [3.63, 3.8) is 0 Å². The van der Waals surface area contributed by atoms with Gasteiger partial charge in [0.25, 0.3) is 0 Å². The average molecular weight is 297 g/mol. The van der Waals surface area contributed by atoms with Crippen molar-refractivity contribution >= 4 is 10.0 Å². The number of sulfonamides is 1. The van der Waals surface area contributed by atoms with Gasteiger partial charge >= 0.3 is 0 Å². The van der Waals surface area contributed by atoms with E-state index < -0.39 is 10.0 Å². The van der Waals surface area contributed by atoms with Crippen LogP contribution in [-0.4, -0.2) is 50.8 Å². The van der Waals surface area contributed by atoms with Crippen molar-refractivity contribution < 1.29 is 8.42 Å². The molecule has 20 heavy (non-hydrogen) atoms. The van der Waals surface area contributed by atoms with Gasteiger partial charge in [0.1, 0.15) is 0 Å². The molecule has 0 atom stereocenters. The summed E-state index contributed by atoms with van der Waals surface area (Å²) in [5.41, 5.74) is 6.47. The molecule has 0 aliphatic carbocycles. The molecule has 1 aromatic rings. The zero-order chi connectivity index (χ0) is 14.8. The fourth-order valence-electron chi connectivity index (χ4n) is 2.52. The molecule has 2 rings (SSSR count). The van der Waals surface area contributed by atoms with E-state index in [0.29, 0.717) is 11.4 Å². The molecule has 1 fully saturated rings. The number of nitrogens with two attached hydrogens (primary N) is 1. The van der Waals surface area contributed by atoms with Crippen LogP contribution < -0.4 is 5.73 Å². The minimum absolute atomic E-state index is 0.0883. The topological polar surface area (TPSA) is 66.6 Å². The molecule has 0 spiro atoms. The van der Waals surface area contributed by atoms with Crippen LogP contribution in [0.4, 0.5) is 0 Å². The monoisotopic (exact) mass is 297 g/mol. The second-order valence-corrected chi connectivity index (χ2v) is 7.40. The number of hydrogen-bond donors (Lipinski definition) is 1. The van der Waals surface area contributed by atoms with Crippen LogP contribution in [0, 0.1) is 0 Å². The van der Waals surface area contributed by atoms with Crippen LogP contribution in [0.5, 0.6) is 0 Å². The van der Waals surface area contributed by atoms with Gasteiger partial charge in [-0.1, -0.05) is 12.1 Å². The Morgan fingerprint density at radius 2 is 1.80 bits per heavy atom. The van der Waals surface area contributed by atoms with Gasteiger partial charge < -0.3 is 10.6 Å². The Balaban J connectivity index is 2.16. The zero-order valence-electron chi connectivity index (χ0n) is 12.1. The van der Waals surface area contributed by atoms with E-state index in [1.807, 2.05) is 0 Å². The van der Waals surface area contributed by atoms with E-state index in [1.165, 1.54) is 4.31 Å². The second-order valence-electron chi connectivity index (χ2n) is 5.40. The average Bonchev–Trinajstić information content (AvgIpc) is 2.47. The van der Waals surface area contributed by atoms with Crippen LogP contribution in [0.3, 0.4) is 0 Å². The number of nitrogens with zero attached hydrogens (tertiary/aromatic N) is 2. The molecule has 1 saturated heterocycles. The Hall–Kier alpha value is -0.950. The standard InChI is InChI=1S/C14H23N3O2S/c1-16-9-7-13(8-10-16)17(2)20(18,19)14-5-3-12(11-15)4-6-14/h3-6,13H,7-11,15H2,1-2H3. The Morgan fingerprint density at radius 3 is 2.30 bits per heavy atom. The van der Waals surface area contributed by atoms with Gasteiger partial charge in [-0.15, -0.1) is 0 Å². The van der Waals surface area contributed by atoms with Crippen molar-refractivity contribution in [1.82, 2.24) is 9.21 Å². The summed E-state index contributed by atoms with van der Waals surface area (Å²) in [5.74, 6) is 0. The molecule has 0 saturated carbocycles.